The van der Waals surface area contributed by atoms with Crippen LogP contribution in [0.4, 0.5) is 0 Å². The number of fused-ring (bicyclic) bond motifs is 1. The van der Waals surface area contributed by atoms with Crippen LogP contribution < -0.4 is 14.3 Å². The van der Waals surface area contributed by atoms with E-state index in [-0.39, 0.29) is 12.5 Å². The smallest absolute Gasteiger partial charge is 0.291 e. The van der Waals surface area contributed by atoms with Gasteiger partial charge in [-0.25, -0.2) is 4.98 Å². The number of carbonyl (C=O) groups excluding carboxylic acids is 1. The van der Waals surface area contributed by atoms with Gasteiger partial charge in [0.2, 0.25) is 0 Å². The first-order chi connectivity index (χ1) is 12.5. The standard InChI is InChI=1S/C18H17N3O3S2/c1-6-9-21-14-12(23-4)7-8-13(24-5)16(14)26-18(21)20-17(22)15-10(2)19-11(3)25-15/h1,7-8H,9H2,2-5H3. The fourth-order valence-corrected chi connectivity index (χ4v) is 4.59. The molecule has 1 aromatic carbocycles. The summed E-state index contributed by atoms with van der Waals surface area (Å²) < 4.78 is 13.5. The number of benzene rings is 1. The number of amides is 1. The highest BCUT2D eigenvalue weighted by Gasteiger charge is 2.18. The van der Waals surface area contributed by atoms with Gasteiger partial charge in [0, 0.05) is 0 Å². The Morgan fingerprint density at radius 3 is 2.54 bits per heavy atom. The van der Waals surface area contributed by atoms with Gasteiger partial charge in [-0.2, -0.15) is 4.99 Å². The van der Waals surface area contributed by atoms with Crippen LogP contribution >= 0.6 is 22.7 Å². The topological polar surface area (TPSA) is 65.7 Å². The first kappa shape index (κ1) is 18.2. The Bertz CT molecular complexity index is 1100. The molecule has 26 heavy (non-hydrogen) atoms. The van der Waals surface area contributed by atoms with Crippen LogP contribution in [0.3, 0.4) is 0 Å². The largest absolute Gasteiger partial charge is 0.495 e. The molecule has 0 aliphatic rings. The summed E-state index contributed by atoms with van der Waals surface area (Å²) >= 11 is 2.67. The van der Waals surface area contributed by atoms with Crippen molar-refractivity contribution in [2.45, 2.75) is 20.4 Å². The lowest BCUT2D eigenvalue weighted by Gasteiger charge is -2.08. The number of carbonyl (C=O) groups is 1. The molecule has 0 atom stereocenters. The van der Waals surface area contributed by atoms with Gasteiger partial charge in [-0.15, -0.1) is 17.8 Å². The Morgan fingerprint density at radius 1 is 1.27 bits per heavy atom. The summed E-state index contributed by atoms with van der Waals surface area (Å²) in [4.78, 5) is 22.3. The zero-order chi connectivity index (χ0) is 18.8. The van der Waals surface area contributed by atoms with Crippen LogP contribution in [-0.2, 0) is 6.54 Å². The number of nitrogens with zero attached hydrogens (tertiary/aromatic N) is 3. The second-order valence-electron chi connectivity index (χ2n) is 5.39. The summed E-state index contributed by atoms with van der Waals surface area (Å²) in [7, 11) is 3.18. The molecule has 0 spiro atoms. The highest BCUT2D eigenvalue weighted by molar-refractivity contribution is 7.17. The second-order valence-corrected chi connectivity index (χ2v) is 7.57. The van der Waals surface area contributed by atoms with E-state index in [4.69, 9.17) is 15.9 Å². The van der Waals surface area contributed by atoms with Crippen LogP contribution in [0.2, 0.25) is 0 Å². The number of hydrogen-bond donors (Lipinski definition) is 0. The number of ether oxygens (including phenoxy) is 2. The van der Waals surface area contributed by atoms with Crippen molar-refractivity contribution >= 4 is 38.8 Å². The van der Waals surface area contributed by atoms with Gasteiger partial charge in [-0.3, -0.25) is 4.79 Å². The third-order valence-electron chi connectivity index (χ3n) is 3.74. The maximum Gasteiger partial charge on any atom is 0.291 e. The molecule has 0 saturated heterocycles. The molecular weight excluding hydrogens is 370 g/mol. The highest BCUT2D eigenvalue weighted by Crippen LogP contribution is 2.35. The number of terminal acetylenes is 1. The molecule has 0 aliphatic heterocycles. The fourth-order valence-electron chi connectivity index (χ4n) is 2.64. The van der Waals surface area contributed by atoms with Crippen LogP contribution in [0.25, 0.3) is 10.2 Å². The van der Waals surface area contributed by atoms with Crippen molar-refractivity contribution in [3.8, 4) is 23.8 Å². The van der Waals surface area contributed by atoms with Gasteiger partial charge in [0.25, 0.3) is 5.91 Å². The quantitative estimate of drug-likeness (QED) is 0.645. The average Bonchev–Trinajstić information content (AvgIpc) is 3.14. The molecule has 2 aromatic heterocycles. The van der Waals surface area contributed by atoms with E-state index in [9.17, 15) is 4.79 Å². The Labute approximate surface area is 158 Å². The van der Waals surface area contributed by atoms with Crippen molar-refractivity contribution in [2.75, 3.05) is 14.2 Å². The van der Waals surface area contributed by atoms with Crippen molar-refractivity contribution < 1.29 is 14.3 Å². The molecule has 8 heteroatoms. The van der Waals surface area contributed by atoms with Crippen molar-refractivity contribution in [3.63, 3.8) is 0 Å². The molecule has 0 radical (unpaired) electrons. The number of methoxy groups -OCH3 is 2. The zero-order valence-corrected chi connectivity index (χ0v) is 16.5. The third kappa shape index (κ3) is 3.11. The number of aromatic nitrogens is 2. The van der Waals surface area contributed by atoms with E-state index in [1.54, 1.807) is 25.7 Å². The van der Waals surface area contributed by atoms with Gasteiger partial charge in [0.1, 0.15) is 26.6 Å². The van der Waals surface area contributed by atoms with Gasteiger partial charge in [-0.1, -0.05) is 17.3 Å². The van der Waals surface area contributed by atoms with Crippen molar-refractivity contribution in [1.82, 2.24) is 9.55 Å². The van der Waals surface area contributed by atoms with Gasteiger partial charge in [0.15, 0.2) is 4.80 Å². The molecule has 6 nitrogen and oxygen atoms in total. The van der Waals surface area contributed by atoms with Crippen LogP contribution in [0, 0.1) is 26.2 Å². The average molecular weight is 387 g/mol. The molecule has 3 rings (SSSR count). The van der Waals surface area contributed by atoms with E-state index in [0.29, 0.717) is 26.9 Å². The third-order valence-corrected chi connectivity index (χ3v) is 5.89. The number of thiazole rings is 2. The molecule has 2 heterocycles. The van der Waals surface area contributed by atoms with Crippen molar-refractivity contribution in [3.05, 3.63) is 32.5 Å². The Balaban J connectivity index is 2.28. The van der Waals surface area contributed by atoms with Crippen LogP contribution in [-0.4, -0.2) is 29.7 Å². The maximum atomic E-state index is 12.7. The minimum atomic E-state index is -0.330. The monoisotopic (exact) mass is 387 g/mol. The lowest BCUT2D eigenvalue weighted by molar-refractivity contribution is 0.100. The van der Waals surface area contributed by atoms with Gasteiger partial charge in [-0.05, 0) is 26.0 Å². The fraction of sp³-hybridized carbons (Fsp3) is 0.278. The van der Waals surface area contributed by atoms with E-state index in [1.165, 1.54) is 22.7 Å². The lowest BCUT2D eigenvalue weighted by Crippen LogP contribution is -2.16. The second kappa shape index (κ2) is 7.32. The summed E-state index contributed by atoms with van der Waals surface area (Å²) in [6.45, 7) is 3.93. The Morgan fingerprint density at radius 2 is 1.96 bits per heavy atom. The summed E-state index contributed by atoms with van der Waals surface area (Å²) in [6, 6.07) is 3.63. The summed E-state index contributed by atoms with van der Waals surface area (Å²) in [5.41, 5.74) is 1.44. The van der Waals surface area contributed by atoms with Gasteiger partial charge >= 0.3 is 0 Å². The lowest BCUT2D eigenvalue weighted by atomic mass is 10.3. The van der Waals surface area contributed by atoms with Crippen molar-refractivity contribution in [1.29, 1.82) is 0 Å². The SMILES string of the molecule is C#CCn1c(=NC(=O)c2sc(C)nc2C)sc2c(OC)ccc(OC)c21. The van der Waals surface area contributed by atoms with Gasteiger partial charge < -0.3 is 14.0 Å². The van der Waals surface area contributed by atoms with E-state index in [1.807, 2.05) is 19.1 Å². The Kier molecular flexibility index (Phi) is 5.11. The first-order valence-electron chi connectivity index (χ1n) is 7.71. The maximum absolute atomic E-state index is 12.7. The predicted molar refractivity (Wildman–Crippen MR) is 103 cm³/mol. The van der Waals surface area contributed by atoms with Crippen LogP contribution in [0.1, 0.15) is 20.4 Å². The van der Waals surface area contributed by atoms with Crippen molar-refractivity contribution in [2.24, 2.45) is 4.99 Å². The molecule has 0 N–H and O–H groups in total. The van der Waals surface area contributed by atoms with Gasteiger partial charge in [0.05, 0.1) is 31.5 Å². The summed E-state index contributed by atoms with van der Waals surface area (Å²) in [5.74, 6) is 3.60. The molecule has 0 bridgehead atoms. The highest BCUT2D eigenvalue weighted by atomic mass is 32.1. The summed E-state index contributed by atoms with van der Waals surface area (Å²) in [6.07, 6.45) is 5.54. The molecule has 0 aliphatic carbocycles. The Hall–Kier alpha value is -2.63. The van der Waals surface area contributed by atoms with E-state index in [0.717, 1.165) is 15.2 Å². The summed E-state index contributed by atoms with van der Waals surface area (Å²) in [5, 5.41) is 0.831. The molecule has 0 unspecified atom stereocenters. The zero-order valence-electron chi connectivity index (χ0n) is 14.8. The van der Waals surface area contributed by atoms with Crippen LogP contribution in [0.5, 0.6) is 11.5 Å². The van der Waals surface area contributed by atoms with E-state index < -0.39 is 0 Å². The number of rotatable bonds is 4. The molecule has 0 saturated carbocycles. The van der Waals surface area contributed by atoms with Crippen LogP contribution in [0.15, 0.2) is 17.1 Å². The predicted octanol–water partition coefficient (Wildman–Crippen LogP) is 3.17. The first-order valence-corrected chi connectivity index (χ1v) is 9.34. The normalized spacial score (nSPS) is 11.6. The molecule has 1 amide bonds. The minimum absolute atomic E-state index is 0.260. The van der Waals surface area contributed by atoms with E-state index in [2.05, 4.69) is 15.9 Å². The molecule has 0 fully saturated rings. The molecular formula is C18H17N3O3S2. The number of hydrogen-bond acceptors (Lipinski definition) is 6. The minimum Gasteiger partial charge on any atom is -0.495 e. The molecule has 134 valence electrons. The molecule has 3 aromatic rings. The number of aryl methyl sites for hydroxylation is 2. The van der Waals surface area contributed by atoms with E-state index >= 15 is 0 Å².